The monoisotopic (exact) mass is 482 g/mol. The minimum atomic E-state index is -3.97. The Kier molecular flexibility index (Phi) is 6.65. The predicted octanol–water partition coefficient (Wildman–Crippen LogP) is 4.26. The van der Waals surface area contributed by atoms with Crippen molar-refractivity contribution in [2.75, 3.05) is 28.4 Å². The van der Waals surface area contributed by atoms with Crippen LogP contribution >= 0.6 is 0 Å². The Morgan fingerprint density at radius 3 is 2.09 bits per heavy atom. The standard InChI is InChI=1S/C25H26N2O6S/c1-30-17-11-13-24(32-3)21(14-17)23-16-22(20-12-10-18(31-2)15-25(20)33-4)26-27(23)34(28,29)19-8-6-5-7-9-19/h5-15,23H,16H2,1-4H3. The van der Waals surface area contributed by atoms with Crippen molar-refractivity contribution in [3.8, 4) is 23.0 Å². The molecule has 34 heavy (non-hydrogen) atoms. The highest BCUT2D eigenvalue weighted by molar-refractivity contribution is 7.89. The second-order valence-corrected chi connectivity index (χ2v) is 9.33. The van der Waals surface area contributed by atoms with Crippen LogP contribution in [0.15, 0.2) is 76.7 Å². The molecule has 0 aromatic heterocycles. The van der Waals surface area contributed by atoms with Crippen LogP contribution in [0.3, 0.4) is 0 Å². The van der Waals surface area contributed by atoms with Gasteiger partial charge in [-0.05, 0) is 42.5 Å². The molecule has 9 heteroatoms. The fourth-order valence-electron chi connectivity index (χ4n) is 3.94. The quantitative estimate of drug-likeness (QED) is 0.477. The van der Waals surface area contributed by atoms with E-state index in [0.29, 0.717) is 46.3 Å². The van der Waals surface area contributed by atoms with Gasteiger partial charge >= 0.3 is 0 Å². The van der Waals surface area contributed by atoms with Crippen molar-refractivity contribution >= 4 is 15.7 Å². The Morgan fingerprint density at radius 1 is 0.794 bits per heavy atom. The maximum absolute atomic E-state index is 13.7. The number of hydrazone groups is 1. The number of nitrogens with zero attached hydrogens (tertiary/aromatic N) is 2. The van der Waals surface area contributed by atoms with Gasteiger partial charge in [0.1, 0.15) is 23.0 Å². The molecule has 4 rings (SSSR count). The molecule has 8 nitrogen and oxygen atoms in total. The second kappa shape index (κ2) is 9.64. The van der Waals surface area contributed by atoms with Gasteiger partial charge < -0.3 is 18.9 Å². The lowest BCUT2D eigenvalue weighted by atomic mass is 9.97. The van der Waals surface area contributed by atoms with Gasteiger partial charge in [-0.2, -0.15) is 17.9 Å². The molecule has 0 N–H and O–H groups in total. The van der Waals surface area contributed by atoms with Crippen LogP contribution < -0.4 is 18.9 Å². The zero-order valence-corrected chi connectivity index (χ0v) is 20.2. The van der Waals surface area contributed by atoms with Crippen LogP contribution in [0.25, 0.3) is 0 Å². The normalized spacial score (nSPS) is 15.6. The van der Waals surface area contributed by atoms with Gasteiger partial charge in [0.25, 0.3) is 10.0 Å². The van der Waals surface area contributed by atoms with E-state index in [0.717, 1.165) is 4.41 Å². The van der Waals surface area contributed by atoms with Crippen LogP contribution in [0, 0.1) is 0 Å². The summed E-state index contributed by atoms with van der Waals surface area (Å²) in [6, 6.07) is 18.2. The van der Waals surface area contributed by atoms with Crippen molar-refractivity contribution in [3.63, 3.8) is 0 Å². The maximum Gasteiger partial charge on any atom is 0.279 e. The van der Waals surface area contributed by atoms with Crippen molar-refractivity contribution in [1.82, 2.24) is 4.41 Å². The van der Waals surface area contributed by atoms with Crippen molar-refractivity contribution in [1.29, 1.82) is 0 Å². The van der Waals surface area contributed by atoms with Crippen LogP contribution in [0.1, 0.15) is 23.6 Å². The number of hydrogen-bond acceptors (Lipinski definition) is 7. The van der Waals surface area contributed by atoms with E-state index in [1.165, 1.54) is 0 Å². The molecule has 0 radical (unpaired) electrons. The highest BCUT2D eigenvalue weighted by atomic mass is 32.2. The average molecular weight is 483 g/mol. The zero-order chi connectivity index (χ0) is 24.3. The molecule has 0 bridgehead atoms. The Labute approximate surface area is 199 Å². The highest BCUT2D eigenvalue weighted by Crippen LogP contribution is 2.43. The molecule has 0 saturated carbocycles. The van der Waals surface area contributed by atoms with Gasteiger partial charge in [0.2, 0.25) is 0 Å². The van der Waals surface area contributed by atoms with E-state index in [4.69, 9.17) is 18.9 Å². The first kappa shape index (κ1) is 23.4. The van der Waals surface area contributed by atoms with Crippen molar-refractivity contribution in [3.05, 3.63) is 77.9 Å². The summed E-state index contributed by atoms with van der Waals surface area (Å²) in [5, 5.41) is 4.60. The maximum atomic E-state index is 13.7. The first-order valence-electron chi connectivity index (χ1n) is 10.5. The van der Waals surface area contributed by atoms with Gasteiger partial charge in [0, 0.05) is 23.6 Å². The number of sulfonamides is 1. The van der Waals surface area contributed by atoms with Gasteiger partial charge in [-0.3, -0.25) is 0 Å². The van der Waals surface area contributed by atoms with E-state index in [-0.39, 0.29) is 4.90 Å². The molecule has 3 aromatic rings. The minimum Gasteiger partial charge on any atom is -0.497 e. The Morgan fingerprint density at radius 2 is 1.44 bits per heavy atom. The molecule has 0 saturated heterocycles. The smallest absolute Gasteiger partial charge is 0.279 e. The third-order valence-electron chi connectivity index (χ3n) is 5.68. The van der Waals surface area contributed by atoms with Crippen LogP contribution in [-0.2, 0) is 10.0 Å². The van der Waals surface area contributed by atoms with E-state index in [2.05, 4.69) is 5.10 Å². The van der Waals surface area contributed by atoms with Gasteiger partial charge in [0.15, 0.2) is 0 Å². The molecule has 0 spiro atoms. The van der Waals surface area contributed by atoms with E-state index < -0.39 is 16.1 Å². The summed E-state index contributed by atoms with van der Waals surface area (Å²) in [6.45, 7) is 0. The molecule has 1 aliphatic heterocycles. The summed E-state index contributed by atoms with van der Waals surface area (Å²) < 4.78 is 50.4. The molecule has 1 heterocycles. The lowest BCUT2D eigenvalue weighted by Gasteiger charge is -2.25. The first-order valence-corrected chi connectivity index (χ1v) is 12.0. The lowest BCUT2D eigenvalue weighted by Crippen LogP contribution is -2.27. The Hall–Kier alpha value is -3.72. The van der Waals surface area contributed by atoms with Crippen LogP contribution in [0.5, 0.6) is 23.0 Å². The SMILES string of the molecule is COc1ccc(C2=NN(S(=O)(=O)c3ccccc3)C(c3cc(OC)ccc3OC)C2)c(OC)c1. The molecular weight excluding hydrogens is 456 g/mol. The van der Waals surface area contributed by atoms with E-state index in [1.807, 2.05) is 6.07 Å². The average Bonchev–Trinajstić information content (AvgIpc) is 3.34. The molecule has 0 aliphatic carbocycles. The molecule has 0 amide bonds. The van der Waals surface area contributed by atoms with Crippen molar-refractivity contribution in [2.45, 2.75) is 17.4 Å². The Balaban J connectivity index is 1.88. The minimum absolute atomic E-state index is 0.147. The summed E-state index contributed by atoms with van der Waals surface area (Å²) >= 11 is 0. The van der Waals surface area contributed by atoms with Crippen molar-refractivity contribution in [2.24, 2.45) is 5.10 Å². The number of ether oxygens (including phenoxy) is 4. The number of benzene rings is 3. The molecule has 0 fully saturated rings. The van der Waals surface area contributed by atoms with E-state index in [1.54, 1.807) is 89.1 Å². The third kappa shape index (κ3) is 4.26. The molecule has 1 aliphatic rings. The van der Waals surface area contributed by atoms with Crippen LogP contribution in [0.4, 0.5) is 0 Å². The number of methoxy groups -OCH3 is 4. The second-order valence-electron chi connectivity index (χ2n) is 7.53. The van der Waals surface area contributed by atoms with E-state index in [9.17, 15) is 8.42 Å². The highest BCUT2D eigenvalue weighted by Gasteiger charge is 2.40. The topological polar surface area (TPSA) is 86.7 Å². The Bertz CT molecular complexity index is 1310. The summed E-state index contributed by atoms with van der Waals surface area (Å²) in [5.74, 6) is 2.29. The molecule has 3 aromatic carbocycles. The zero-order valence-electron chi connectivity index (χ0n) is 19.4. The first-order chi connectivity index (χ1) is 16.4. The molecular formula is C25H26N2O6S. The van der Waals surface area contributed by atoms with E-state index >= 15 is 0 Å². The summed E-state index contributed by atoms with van der Waals surface area (Å²) in [4.78, 5) is 0.147. The van der Waals surface area contributed by atoms with Gasteiger partial charge in [0.05, 0.1) is 45.1 Å². The molecule has 178 valence electrons. The molecule has 1 atom stereocenters. The number of rotatable bonds is 8. The predicted molar refractivity (Wildman–Crippen MR) is 128 cm³/mol. The fourth-order valence-corrected chi connectivity index (χ4v) is 5.39. The van der Waals surface area contributed by atoms with Crippen LogP contribution in [-0.4, -0.2) is 47.0 Å². The summed E-state index contributed by atoms with van der Waals surface area (Å²) in [6.07, 6.45) is 0.304. The number of hydrogen-bond donors (Lipinski definition) is 0. The third-order valence-corrected chi connectivity index (χ3v) is 7.37. The van der Waals surface area contributed by atoms with Gasteiger partial charge in [-0.25, -0.2) is 0 Å². The molecule has 1 unspecified atom stereocenters. The van der Waals surface area contributed by atoms with Crippen LogP contribution in [0.2, 0.25) is 0 Å². The van der Waals surface area contributed by atoms with Gasteiger partial charge in [-0.15, -0.1) is 0 Å². The largest absolute Gasteiger partial charge is 0.497 e. The summed E-state index contributed by atoms with van der Waals surface area (Å²) in [7, 11) is 2.26. The summed E-state index contributed by atoms with van der Waals surface area (Å²) in [5.41, 5.74) is 1.89. The van der Waals surface area contributed by atoms with Gasteiger partial charge in [-0.1, -0.05) is 18.2 Å². The van der Waals surface area contributed by atoms with Crippen molar-refractivity contribution < 1.29 is 27.4 Å². The lowest BCUT2D eigenvalue weighted by molar-refractivity contribution is 0.346. The fraction of sp³-hybridized carbons (Fsp3) is 0.240.